The lowest BCUT2D eigenvalue weighted by Crippen LogP contribution is -2.28. The van der Waals surface area contributed by atoms with Crippen LogP contribution in [0.3, 0.4) is 0 Å². The maximum atomic E-state index is 5.30. The van der Waals surface area contributed by atoms with E-state index in [1.54, 1.807) is 13.3 Å². The Bertz CT molecular complexity index is 806. The zero-order chi connectivity index (χ0) is 18.4. The first kappa shape index (κ1) is 18.2. The largest absolute Gasteiger partial charge is 0.495 e. The van der Waals surface area contributed by atoms with Gasteiger partial charge in [0, 0.05) is 18.8 Å². The van der Waals surface area contributed by atoms with Gasteiger partial charge in [-0.3, -0.25) is 5.43 Å². The third kappa shape index (κ3) is 4.32. The normalized spacial score (nSPS) is 13.4. The highest BCUT2D eigenvalue weighted by atomic mass is 32.1. The molecule has 0 fully saturated rings. The van der Waals surface area contributed by atoms with Gasteiger partial charge in [-0.2, -0.15) is 5.10 Å². The number of thiocarbonyl (C=S) groups is 1. The maximum absolute atomic E-state index is 5.30. The van der Waals surface area contributed by atoms with Crippen LogP contribution in [0.1, 0.15) is 24.5 Å². The van der Waals surface area contributed by atoms with E-state index in [-0.39, 0.29) is 0 Å². The highest BCUT2D eigenvalue weighted by Gasteiger charge is 2.15. The summed E-state index contributed by atoms with van der Waals surface area (Å²) in [5.41, 5.74) is 7.45. The van der Waals surface area contributed by atoms with E-state index in [0.717, 1.165) is 36.5 Å². The summed E-state index contributed by atoms with van der Waals surface area (Å²) in [5.74, 6) is 0.732. The Balaban J connectivity index is 1.61. The van der Waals surface area contributed by atoms with Gasteiger partial charge in [0.15, 0.2) is 5.11 Å². The second kappa shape index (κ2) is 8.67. The Hall–Kier alpha value is -2.60. The first-order chi connectivity index (χ1) is 12.7. The number of hydrazone groups is 1. The Morgan fingerprint density at radius 2 is 2.15 bits per heavy atom. The molecule has 1 aliphatic rings. The first-order valence-electron chi connectivity index (χ1n) is 8.82. The summed E-state index contributed by atoms with van der Waals surface area (Å²) in [5, 5.41) is 7.75. The van der Waals surface area contributed by atoms with Crippen LogP contribution in [0, 0.1) is 0 Å². The van der Waals surface area contributed by atoms with Crippen LogP contribution < -0.4 is 20.4 Å². The smallest absolute Gasteiger partial charge is 0.191 e. The molecule has 0 saturated carbocycles. The summed E-state index contributed by atoms with van der Waals surface area (Å²) in [7, 11) is 1.63. The third-order valence-electron chi connectivity index (χ3n) is 4.43. The number of hydrogen-bond donors (Lipinski definition) is 2. The maximum Gasteiger partial charge on any atom is 0.191 e. The summed E-state index contributed by atoms with van der Waals surface area (Å²) >= 11 is 5.29. The number of rotatable bonds is 5. The van der Waals surface area contributed by atoms with Crippen LogP contribution in [0.25, 0.3) is 0 Å². The molecule has 2 aromatic carbocycles. The van der Waals surface area contributed by atoms with Crippen LogP contribution in [0.2, 0.25) is 0 Å². The molecule has 136 valence electrons. The van der Waals surface area contributed by atoms with E-state index in [1.165, 1.54) is 17.7 Å². The molecule has 0 atom stereocenters. The van der Waals surface area contributed by atoms with Gasteiger partial charge in [-0.25, -0.2) is 0 Å². The predicted molar refractivity (Wildman–Crippen MR) is 113 cm³/mol. The third-order valence-corrected chi connectivity index (χ3v) is 4.63. The molecule has 2 N–H and O–H groups in total. The number of aryl methyl sites for hydroxylation is 1. The molecule has 0 aliphatic carbocycles. The number of benzene rings is 2. The molecule has 0 radical (unpaired) electrons. The highest BCUT2D eigenvalue weighted by Crippen LogP contribution is 2.27. The van der Waals surface area contributed by atoms with Crippen LogP contribution in [0.15, 0.2) is 47.6 Å². The van der Waals surface area contributed by atoms with Gasteiger partial charge in [-0.15, -0.1) is 0 Å². The van der Waals surface area contributed by atoms with E-state index < -0.39 is 0 Å². The van der Waals surface area contributed by atoms with Crippen molar-refractivity contribution in [1.29, 1.82) is 0 Å². The number of nitrogens with one attached hydrogen (secondary N) is 2. The van der Waals surface area contributed by atoms with Gasteiger partial charge >= 0.3 is 0 Å². The van der Waals surface area contributed by atoms with Gasteiger partial charge in [0.25, 0.3) is 0 Å². The van der Waals surface area contributed by atoms with Crippen molar-refractivity contribution in [3.8, 4) is 5.75 Å². The Labute approximate surface area is 160 Å². The number of ether oxygens (including phenoxy) is 1. The van der Waals surface area contributed by atoms with Crippen molar-refractivity contribution >= 4 is 34.9 Å². The SMILES string of the molecule is CCN1CCCc2cc(C=NNC(=S)Nc3ccccc3OC)ccc21. The van der Waals surface area contributed by atoms with Gasteiger partial charge in [-0.1, -0.05) is 18.2 Å². The molecule has 3 rings (SSSR count). The van der Waals surface area contributed by atoms with Crippen LogP contribution in [-0.2, 0) is 6.42 Å². The zero-order valence-electron chi connectivity index (χ0n) is 15.2. The fourth-order valence-corrected chi connectivity index (χ4v) is 3.33. The van der Waals surface area contributed by atoms with Gasteiger partial charge < -0.3 is 15.0 Å². The van der Waals surface area contributed by atoms with Gasteiger partial charge in [0.1, 0.15) is 5.75 Å². The Morgan fingerprint density at radius 3 is 2.96 bits per heavy atom. The van der Waals surface area contributed by atoms with Crippen molar-refractivity contribution in [2.75, 3.05) is 30.4 Å². The predicted octanol–water partition coefficient (Wildman–Crippen LogP) is 3.79. The summed E-state index contributed by atoms with van der Waals surface area (Å²) < 4.78 is 5.30. The molecule has 0 amide bonds. The molecule has 0 unspecified atom stereocenters. The minimum Gasteiger partial charge on any atom is -0.495 e. The van der Waals surface area contributed by atoms with Crippen LogP contribution in [0.5, 0.6) is 5.75 Å². The number of hydrogen-bond acceptors (Lipinski definition) is 4. The molecule has 5 nitrogen and oxygen atoms in total. The number of anilines is 2. The summed E-state index contributed by atoms with van der Waals surface area (Å²) in [6, 6.07) is 14.1. The van der Waals surface area contributed by atoms with E-state index in [1.807, 2.05) is 24.3 Å². The number of methoxy groups -OCH3 is 1. The number of para-hydroxylation sites is 2. The fourth-order valence-electron chi connectivity index (χ4n) is 3.17. The molecule has 26 heavy (non-hydrogen) atoms. The molecular formula is C20H24N4OS. The van der Waals surface area contributed by atoms with E-state index in [2.05, 4.69) is 45.9 Å². The van der Waals surface area contributed by atoms with Gasteiger partial charge in [0.05, 0.1) is 19.0 Å². The van der Waals surface area contributed by atoms with E-state index in [9.17, 15) is 0 Å². The van der Waals surface area contributed by atoms with Crippen molar-refractivity contribution < 1.29 is 4.74 Å². The number of nitrogens with zero attached hydrogens (tertiary/aromatic N) is 2. The molecule has 0 bridgehead atoms. The fraction of sp³-hybridized carbons (Fsp3) is 0.300. The number of fused-ring (bicyclic) bond motifs is 1. The minimum absolute atomic E-state index is 0.417. The molecule has 1 aliphatic heterocycles. The highest BCUT2D eigenvalue weighted by molar-refractivity contribution is 7.80. The minimum atomic E-state index is 0.417. The summed E-state index contributed by atoms with van der Waals surface area (Å²) in [6.45, 7) is 4.39. The summed E-state index contributed by atoms with van der Waals surface area (Å²) in [4.78, 5) is 2.42. The molecule has 2 aromatic rings. The van der Waals surface area contributed by atoms with Crippen LogP contribution >= 0.6 is 12.2 Å². The second-order valence-electron chi connectivity index (χ2n) is 6.10. The Morgan fingerprint density at radius 1 is 1.31 bits per heavy atom. The van der Waals surface area contributed by atoms with Crippen molar-refractivity contribution in [3.63, 3.8) is 0 Å². The molecular weight excluding hydrogens is 344 g/mol. The van der Waals surface area contributed by atoms with E-state index >= 15 is 0 Å². The lowest BCUT2D eigenvalue weighted by atomic mass is 9.99. The monoisotopic (exact) mass is 368 g/mol. The molecule has 0 spiro atoms. The van der Waals surface area contributed by atoms with Crippen LogP contribution in [-0.4, -0.2) is 31.5 Å². The quantitative estimate of drug-likeness (QED) is 0.478. The standard InChI is InChI=1S/C20H24N4OS/c1-3-24-12-6-7-16-13-15(10-11-18(16)24)14-21-23-20(26)22-17-8-4-5-9-19(17)25-2/h4-5,8-11,13-14H,3,6-7,12H2,1-2H3,(H2,22,23,26). The average Bonchev–Trinajstić information content (AvgIpc) is 2.67. The van der Waals surface area contributed by atoms with Gasteiger partial charge in [-0.05, 0) is 67.4 Å². The molecule has 0 aromatic heterocycles. The topological polar surface area (TPSA) is 48.9 Å². The molecule has 0 saturated heterocycles. The second-order valence-corrected chi connectivity index (χ2v) is 6.50. The van der Waals surface area contributed by atoms with Gasteiger partial charge in [0.2, 0.25) is 0 Å². The average molecular weight is 369 g/mol. The van der Waals surface area contributed by atoms with Crippen molar-refractivity contribution in [2.24, 2.45) is 5.10 Å². The lowest BCUT2D eigenvalue weighted by molar-refractivity contribution is 0.417. The first-order valence-corrected chi connectivity index (χ1v) is 9.23. The van der Waals surface area contributed by atoms with Crippen molar-refractivity contribution in [1.82, 2.24) is 5.43 Å². The van der Waals surface area contributed by atoms with Crippen molar-refractivity contribution in [2.45, 2.75) is 19.8 Å². The van der Waals surface area contributed by atoms with E-state index in [0.29, 0.717) is 5.11 Å². The van der Waals surface area contributed by atoms with E-state index in [4.69, 9.17) is 17.0 Å². The van der Waals surface area contributed by atoms with Crippen LogP contribution in [0.4, 0.5) is 11.4 Å². The zero-order valence-corrected chi connectivity index (χ0v) is 16.0. The lowest BCUT2D eigenvalue weighted by Gasteiger charge is -2.30. The Kier molecular flexibility index (Phi) is 6.07. The molecule has 6 heteroatoms. The summed E-state index contributed by atoms with van der Waals surface area (Å²) in [6.07, 6.45) is 4.11. The van der Waals surface area contributed by atoms with Crippen molar-refractivity contribution in [3.05, 3.63) is 53.6 Å². The molecule has 1 heterocycles.